The summed E-state index contributed by atoms with van der Waals surface area (Å²) in [6.07, 6.45) is -9.79. The van der Waals surface area contributed by atoms with Crippen LogP contribution in [0.15, 0.2) is 18.2 Å². The van der Waals surface area contributed by atoms with Crippen LogP contribution in [0.5, 0.6) is 0 Å². The quantitative estimate of drug-likeness (QED) is 0.490. The summed E-state index contributed by atoms with van der Waals surface area (Å²) in [4.78, 5) is 35.3. The van der Waals surface area contributed by atoms with Gasteiger partial charge >= 0.3 is 18.3 Å². The first kappa shape index (κ1) is 18.9. The lowest BCUT2D eigenvalue weighted by Gasteiger charge is -2.17. The van der Waals surface area contributed by atoms with Crippen LogP contribution in [0.3, 0.4) is 0 Å². The number of hydrogen-bond donors (Lipinski definition) is 1. The van der Waals surface area contributed by atoms with Crippen LogP contribution in [0.1, 0.15) is 34.3 Å². The van der Waals surface area contributed by atoms with E-state index in [2.05, 4.69) is 0 Å². The Hall–Kier alpha value is -2.39. The minimum absolute atomic E-state index is 0.239. The third kappa shape index (κ3) is 3.99. The van der Waals surface area contributed by atoms with E-state index in [9.17, 15) is 40.7 Å². The van der Waals surface area contributed by atoms with Gasteiger partial charge in [-0.1, -0.05) is 6.07 Å². The maximum atomic E-state index is 13.1. The second kappa shape index (κ2) is 6.16. The number of halogens is 6. The van der Waals surface area contributed by atoms with Gasteiger partial charge in [0.1, 0.15) is 0 Å². The fourth-order valence-corrected chi connectivity index (χ4v) is 2.29. The predicted molar refractivity (Wildman–Crippen MR) is 69.6 cm³/mol. The van der Waals surface area contributed by atoms with Gasteiger partial charge in [0.2, 0.25) is 0 Å². The first-order valence-corrected chi connectivity index (χ1v) is 6.93. The number of carbonyl (C=O) groups is 3. The molecular weight excluding hydrogens is 358 g/mol. The fraction of sp³-hybridized carbons (Fsp3) is 0.400. The highest BCUT2D eigenvalue weighted by atomic mass is 19.4. The summed E-state index contributed by atoms with van der Waals surface area (Å²) in [5, 5.41) is 9.03. The van der Waals surface area contributed by atoms with Crippen molar-refractivity contribution >= 4 is 17.5 Å². The van der Waals surface area contributed by atoms with Crippen molar-refractivity contribution in [3.63, 3.8) is 0 Å². The van der Waals surface area contributed by atoms with Crippen molar-refractivity contribution in [2.75, 3.05) is 0 Å². The van der Waals surface area contributed by atoms with Gasteiger partial charge in [-0.3, -0.25) is 14.4 Å². The van der Waals surface area contributed by atoms with Crippen LogP contribution in [0.4, 0.5) is 26.3 Å². The van der Waals surface area contributed by atoms with Crippen molar-refractivity contribution < 1.29 is 45.8 Å². The second-order valence-corrected chi connectivity index (χ2v) is 5.57. The van der Waals surface area contributed by atoms with Crippen molar-refractivity contribution in [2.24, 2.45) is 11.8 Å². The Morgan fingerprint density at radius 3 is 1.96 bits per heavy atom. The number of carbonyl (C=O) groups excluding carboxylic acids is 2. The largest absolute Gasteiger partial charge is 0.480 e. The highest BCUT2D eigenvalue weighted by molar-refractivity contribution is 6.23. The van der Waals surface area contributed by atoms with Crippen molar-refractivity contribution in [1.82, 2.24) is 0 Å². The topological polar surface area (TPSA) is 71.4 Å². The van der Waals surface area contributed by atoms with Crippen LogP contribution < -0.4 is 0 Å². The molecule has 1 unspecified atom stereocenters. The maximum absolute atomic E-state index is 13.1. The molecule has 1 aliphatic carbocycles. The molecule has 0 aromatic heterocycles. The standard InChI is InChI=1S/C15H10F6O4/c16-14(17,18)7-3-4-8(9(5-7)15(19,20)21)12(23)10(13(24)25)11(22)6-1-2-6/h3-6,10H,1-2H2,(H,24,25). The summed E-state index contributed by atoms with van der Waals surface area (Å²) >= 11 is 0. The van der Waals surface area contributed by atoms with Crippen LogP contribution >= 0.6 is 0 Å². The molecule has 1 aromatic carbocycles. The van der Waals surface area contributed by atoms with Gasteiger partial charge in [0.05, 0.1) is 11.1 Å². The molecule has 2 rings (SSSR count). The number of hydrogen-bond acceptors (Lipinski definition) is 3. The van der Waals surface area contributed by atoms with Gasteiger partial charge in [-0.05, 0) is 25.0 Å². The first-order valence-electron chi connectivity index (χ1n) is 6.93. The number of alkyl halides is 6. The number of carboxylic acid groups (broad SMARTS) is 1. The molecular formula is C15H10F6O4. The number of ketones is 2. The number of aliphatic carboxylic acids is 1. The predicted octanol–water partition coefficient (Wildman–Crippen LogP) is 3.59. The summed E-state index contributed by atoms with van der Waals surface area (Å²) in [6, 6.07) is 0.223. The van der Waals surface area contributed by atoms with Crippen LogP contribution in [0, 0.1) is 11.8 Å². The fourth-order valence-electron chi connectivity index (χ4n) is 2.29. The Labute approximate surface area is 136 Å². The van der Waals surface area contributed by atoms with Gasteiger partial charge in [0, 0.05) is 11.5 Å². The maximum Gasteiger partial charge on any atom is 0.417 e. The summed E-state index contributed by atoms with van der Waals surface area (Å²) in [5.41, 5.74) is -4.85. The molecule has 1 aliphatic rings. The Kier molecular flexibility index (Phi) is 4.67. The molecule has 0 saturated heterocycles. The Balaban J connectivity index is 2.54. The lowest BCUT2D eigenvalue weighted by molar-refractivity contribution is -0.146. The summed E-state index contributed by atoms with van der Waals surface area (Å²) in [7, 11) is 0. The minimum Gasteiger partial charge on any atom is -0.480 e. The van der Waals surface area contributed by atoms with Crippen molar-refractivity contribution in [3.8, 4) is 0 Å². The molecule has 0 amide bonds. The summed E-state index contributed by atoms with van der Waals surface area (Å²) in [5.74, 6) is -7.75. The van der Waals surface area contributed by atoms with E-state index in [-0.39, 0.29) is 18.2 Å². The van der Waals surface area contributed by atoms with E-state index in [1.165, 1.54) is 0 Å². The zero-order chi connectivity index (χ0) is 19.2. The van der Waals surface area contributed by atoms with Crippen LogP contribution in [0.25, 0.3) is 0 Å². The third-order valence-corrected chi connectivity index (χ3v) is 3.69. The lowest BCUT2D eigenvalue weighted by Crippen LogP contribution is -2.34. The van der Waals surface area contributed by atoms with Gasteiger partial charge in [-0.2, -0.15) is 26.3 Å². The number of rotatable bonds is 5. The zero-order valence-corrected chi connectivity index (χ0v) is 12.2. The molecule has 4 nitrogen and oxygen atoms in total. The smallest absolute Gasteiger partial charge is 0.417 e. The molecule has 0 heterocycles. The van der Waals surface area contributed by atoms with E-state index >= 15 is 0 Å². The molecule has 1 saturated carbocycles. The molecule has 1 aromatic rings. The average molecular weight is 368 g/mol. The molecule has 1 atom stereocenters. The molecule has 0 radical (unpaired) electrons. The minimum atomic E-state index is -5.34. The molecule has 0 spiro atoms. The highest BCUT2D eigenvalue weighted by Crippen LogP contribution is 2.39. The van der Waals surface area contributed by atoms with E-state index in [1.807, 2.05) is 0 Å². The lowest BCUT2D eigenvalue weighted by atomic mass is 9.88. The molecule has 10 heteroatoms. The summed E-state index contributed by atoms with van der Waals surface area (Å²) in [6.45, 7) is 0. The van der Waals surface area contributed by atoms with Gasteiger partial charge in [-0.25, -0.2) is 0 Å². The molecule has 0 bridgehead atoms. The normalized spacial score (nSPS) is 16.4. The number of carboxylic acids is 1. The molecule has 1 fully saturated rings. The number of benzene rings is 1. The van der Waals surface area contributed by atoms with E-state index < -0.39 is 58.4 Å². The first-order chi connectivity index (χ1) is 11.3. The monoisotopic (exact) mass is 368 g/mol. The van der Waals surface area contributed by atoms with E-state index in [0.29, 0.717) is 12.8 Å². The zero-order valence-electron chi connectivity index (χ0n) is 12.2. The Morgan fingerprint density at radius 1 is 1.00 bits per heavy atom. The van der Waals surface area contributed by atoms with Crippen molar-refractivity contribution in [1.29, 1.82) is 0 Å². The molecule has 136 valence electrons. The molecule has 0 aliphatic heterocycles. The van der Waals surface area contributed by atoms with Gasteiger partial charge in [-0.15, -0.1) is 0 Å². The van der Waals surface area contributed by atoms with Crippen molar-refractivity contribution in [2.45, 2.75) is 25.2 Å². The molecule has 1 N–H and O–H groups in total. The second-order valence-electron chi connectivity index (χ2n) is 5.57. The van der Waals surface area contributed by atoms with Crippen LogP contribution in [-0.2, 0) is 21.9 Å². The van der Waals surface area contributed by atoms with Crippen LogP contribution in [0.2, 0.25) is 0 Å². The van der Waals surface area contributed by atoms with Crippen LogP contribution in [-0.4, -0.2) is 22.6 Å². The number of Topliss-reactive ketones (excluding diaryl/α,β-unsaturated/α-hetero) is 2. The SMILES string of the molecule is O=C(O)C(C(=O)c1ccc(C(F)(F)F)cc1C(F)(F)F)C(=O)C1CC1. The van der Waals surface area contributed by atoms with Gasteiger partial charge in [0.15, 0.2) is 17.5 Å². The van der Waals surface area contributed by atoms with E-state index in [0.717, 1.165) is 0 Å². The molecule has 25 heavy (non-hydrogen) atoms. The average Bonchev–Trinajstić information content (AvgIpc) is 3.28. The Morgan fingerprint density at radius 2 is 1.56 bits per heavy atom. The third-order valence-electron chi connectivity index (χ3n) is 3.69. The Bertz CT molecular complexity index is 731. The van der Waals surface area contributed by atoms with Gasteiger partial charge in [0.25, 0.3) is 0 Å². The van der Waals surface area contributed by atoms with E-state index in [1.54, 1.807) is 0 Å². The van der Waals surface area contributed by atoms with Gasteiger partial charge < -0.3 is 5.11 Å². The van der Waals surface area contributed by atoms with Crippen molar-refractivity contribution in [3.05, 3.63) is 34.9 Å². The summed E-state index contributed by atoms with van der Waals surface area (Å²) < 4.78 is 77.0. The van der Waals surface area contributed by atoms with E-state index in [4.69, 9.17) is 5.11 Å². The highest BCUT2D eigenvalue weighted by Gasteiger charge is 2.46.